The van der Waals surface area contributed by atoms with Crippen molar-refractivity contribution in [1.29, 1.82) is 0 Å². The fourth-order valence-electron chi connectivity index (χ4n) is 1.76. The van der Waals surface area contributed by atoms with Crippen molar-refractivity contribution in [3.05, 3.63) is 40.6 Å². The summed E-state index contributed by atoms with van der Waals surface area (Å²) in [7, 11) is 0. The van der Waals surface area contributed by atoms with Crippen molar-refractivity contribution >= 4 is 21.8 Å². The van der Waals surface area contributed by atoms with E-state index in [1.54, 1.807) is 29.2 Å². The van der Waals surface area contributed by atoms with Gasteiger partial charge in [-0.25, -0.2) is 0 Å². The Labute approximate surface area is 125 Å². The van der Waals surface area contributed by atoms with E-state index >= 15 is 0 Å². The highest BCUT2D eigenvalue weighted by molar-refractivity contribution is 9.10. The van der Waals surface area contributed by atoms with E-state index in [9.17, 15) is 0 Å². The number of amidine groups is 1. The molecule has 0 saturated heterocycles. The third-order valence-electron chi connectivity index (χ3n) is 2.63. The molecule has 0 aliphatic rings. The van der Waals surface area contributed by atoms with Crippen LogP contribution in [0.3, 0.4) is 0 Å². The first kappa shape index (κ1) is 14.4. The maximum Gasteiger partial charge on any atom is 0.175 e. The summed E-state index contributed by atoms with van der Waals surface area (Å²) < 4.78 is 8.24. The fourth-order valence-corrected chi connectivity index (χ4v) is 2.31. The Morgan fingerprint density at radius 3 is 3.05 bits per heavy atom. The highest BCUT2D eigenvalue weighted by atomic mass is 79.9. The summed E-state index contributed by atoms with van der Waals surface area (Å²) in [5.74, 6) is 1.07. The van der Waals surface area contributed by atoms with Crippen LogP contribution in [0.15, 0.2) is 40.2 Å². The van der Waals surface area contributed by atoms with Gasteiger partial charge in [0.25, 0.3) is 0 Å². The van der Waals surface area contributed by atoms with Gasteiger partial charge < -0.3 is 15.7 Å². The number of rotatable bonds is 5. The second-order valence-electron chi connectivity index (χ2n) is 4.14. The van der Waals surface area contributed by atoms with Crippen molar-refractivity contribution in [1.82, 2.24) is 9.78 Å². The summed E-state index contributed by atoms with van der Waals surface area (Å²) in [5.41, 5.74) is 6.17. The summed E-state index contributed by atoms with van der Waals surface area (Å²) in [4.78, 5) is 0. The highest BCUT2D eigenvalue weighted by Crippen LogP contribution is 2.30. The van der Waals surface area contributed by atoms with Crippen LogP contribution < -0.4 is 10.5 Å². The van der Waals surface area contributed by atoms with E-state index < -0.39 is 0 Å². The molecule has 0 amide bonds. The zero-order valence-electron chi connectivity index (χ0n) is 11.0. The van der Waals surface area contributed by atoms with Crippen molar-refractivity contribution < 1.29 is 9.94 Å². The van der Waals surface area contributed by atoms with E-state index in [-0.39, 0.29) is 5.84 Å². The summed E-state index contributed by atoms with van der Waals surface area (Å²) in [5, 5.41) is 16.1. The zero-order chi connectivity index (χ0) is 14.5. The van der Waals surface area contributed by atoms with E-state index in [0.29, 0.717) is 21.5 Å². The third-order valence-corrected chi connectivity index (χ3v) is 3.29. The lowest BCUT2D eigenvalue weighted by molar-refractivity contribution is 0.318. The first-order valence-corrected chi connectivity index (χ1v) is 6.91. The zero-order valence-corrected chi connectivity index (χ0v) is 12.5. The molecule has 0 radical (unpaired) electrons. The number of aryl methyl sites for hydroxylation is 1. The molecule has 0 aliphatic heterocycles. The van der Waals surface area contributed by atoms with Gasteiger partial charge in [0, 0.05) is 11.0 Å². The predicted octanol–water partition coefficient (Wildman–Crippen LogP) is 2.94. The molecule has 1 aromatic carbocycles. The summed E-state index contributed by atoms with van der Waals surface area (Å²) in [6, 6.07) is 5.35. The molecule has 6 nitrogen and oxygen atoms in total. The van der Waals surface area contributed by atoms with Gasteiger partial charge in [-0.1, -0.05) is 18.1 Å². The Hall–Kier alpha value is -2.02. The van der Waals surface area contributed by atoms with E-state index in [1.807, 2.05) is 6.07 Å². The lowest BCUT2D eigenvalue weighted by Crippen LogP contribution is -2.15. The van der Waals surface area contributed by atoms with Crippen LogP contribution in [-0.2, 0) is 6.54 Å². The number of nitrogens with zero attached hydrogens (tertiary/aromatic N) is 3. The Bertz CT molecular complexity index is 625. The SMILES string of the molecule is CCCn1cc(Oc2cccc(Br)c2/C(N)=N/O)cn1. The van der Waals surface area contributed by atoms with Crippen LogP contribution in [0.4, 0.5) is 0 Å². The molecule has 1 aromatic heterocycles. The minimum atomic E-state index is -0.0200. The quantitative estimate of drug-likeness (QED) is 0.380. The second-order valence-corrected chi connectivity index (χ2v) is 4.99. The normalized spacial score (nSPS) is 11.6. The predicted molar refractivity (Wildman–Crippen MR) is 79.2 cm³/mol. The molecule has 0 aliphatic carbocycles. The number of nitrogens with two attached hydrogens (primary N) is 1. The van der Waals surface area contributed by atoms with E-state index in [1.165, 1.54) is 0 Å². The summed E-state index contributed by atoms with van der Waals surface area (Å²) in [6.07, 6.45) is 4.43. The standard InChI is InChI=1S/C13H15BrN4O2/c1-2-6-18-8-9(7-16-18)20-11-5-3-4-10(14)12(11)13(15)17-19/h3-5,7-8,19H,2,6H2,1H3,(H2,15,17). The van der Waals surface area contributed by atoms with Crippen LogP contribution in [0.25, 0.3) is 0 Å². The van der Waals surface area contributed by atoms with E-state index in [0.717, 1.165) is 13.0 Å². The van der Waals surface area contributed by atoms with Crippen molar-refractivity contribution in [2.24, 2.45) is 10.9 Å². The minimum Gasteiger partial charge on any atom is -0.453 e. The maximum absolute atomic E-state index is 8.85. The van der Waals surface area contributed by atoms with Crippen LogP contribution in [0.1, 0.15) is 18.9 Å². The summed E-state index contributed by atoms with van der Waals surface area (Å²) in [6.45, 7) is 2.90. The lowest BCUT2D eigenvalue weighted by atomic mass is 10.2. The van der Waals surface area contributed by atoms with Crippen LogP contribution in [0, 0.1) is 0 Å². The summed E-state index contributed by atoms with van der Waals surface area (Å²) >= 11 is 3.36. The second kappa shape index (κ2) is 6.42. The Balaban J connectivity index is 2.30. The van der Waals surface area contributed by atoms with Crippen molar-refractivity contribution in [3.8, 4) is 11.5 Å². The molecule has 3 N–H and O–H groups in total. The van der Waals surface area contributed by atoms with Crippen LogP contribution >= 0.6 is 15.9 Å². The molecule has 2 rings (SSSR count). The van der Waals surface area contributed by atoms with Crippen molar-refractivity contribution in [3.63, 3.8) is 0 Å². The number of aromatic nitrogens is 2. The molecule has 0 bridgehead atoms. The monoisotopic (exact) mass is 338 g/mol. The average Bonchev–Trinajstić information content (AvgIpc) is 2.86. The number of halogens is 1. The first-order chi connectivity index (χ1) is 9.65. The Morgan fingerprint density at radius 2 is 2.35 bits per heavy atom. The number of benzene rings is 1. The molecule has 0 atom stereocenters. The molecule has 1 heterocycles. The average molecular weight is 339 g/mol. The van der Waals surface area contributed by atoms with Crippen LogP contribution in [-0.4, -0.2) is 20.8 Å². The molecule has 7 heteroatoms. The van der Waals surface area contributed by atoms with E-state index in [2.05, 4.69) is 33.1 Å². The van der Waals surface area contributed by atoms with Crippen molar-refractivity contribution in [2.45, 2.75) is 19.9 Å². The minimum absolute atomic E-state index is 0.0200. The number of ether oxygens (including phenoxy) is 1. The van der Waals surface area contributed by atoms with Crippen molar-refractivity contribution in [2.75, 3.05) is 0 Å². The Kier molecular flexibility index (Phi) is 4.62. The number of hydrogen-bond donors (Lipinski definition) is 2. The molecule has 0 unspecified atom stereocenters. The van der Waals surface area contributed by atoms with E-state index in [4.69, 9.17) is 15.7 Å². The van der Waals surface area contributed by atoms with Gasteiger partial charge in [-0.05, 0) is 34.5 Å². The van der Waals surface area contributed by atoms with Gasteiger partial charge in [0.1, 0.15) is 5.75 Å². The van der Waals surface area contributed by atoms with Crippen LogP contribution in [0.2, 0.25) is 0 Å². The van der Waals surface area contributed by atoms with Gasteiger partial charge in [-0.3, -0.25) is 4.68 Å². The first-order valence-electron chi connectivity index (χ1n) is 6.12. The van der Waals surface area contributed by atoms with Crippen LogP contribution in [0.5, 0.6) is 11.5 Å². The van der Waals surface area contributed by atoms with Gasteiger partial charge >= 0.3 is 0 Å². The fraction of sp³-hybridized carbons (Fsp3) is 0.231. The maximum atomic E-state index is 8.85. The highest BCUT2D eigenvalue weighted by Gasteiger charge is 2.14. The largest absolute Gasteiger partial charge is 0.453 e. The molecular formula is C13H15BrN4O2. The number of oxime groups is 1. The third kappa shape index (κ3) is 3.11. The number of hydrogen-bond acceptors (Lipinski definition) is 4. The molecule has 106 valence electrons. The molecule has 2 aromatic rings. The molecule has 0 saturated carbocycles. The van der Waals surface area contributed by atoms with Gasteiger partial charge in [0.2, 0.25) is 0 Å². The lowest BCUT2D eigenvalue weighted by Gasteiger charge is -2.10. The Morgan fingerprint density at radius 1 is 1.55 bits per heavy atom. The molecule has 20 heavy (non-hydrogen) atoms. The van der Waals surface area contributed by atoms with Gasteiger partial charge in [-0.2, -0.15) is 5.10 Å². The van der Waals surface area contributed by atoms with Gasteiger partial charge in [0.15, 0.2) is 11.6 Å². The van der Waals surface area contributed by atoms with Gasteiger partial charge in [0.05, 0.1) is 18.0 Å². The molecule has 0 fully saturated rings. The smallest absolute Gasteiger partial charge is 0.175 e. The topological polar surface area (TPSA) is 85.7 Å². The molecular weight excluding hydrogens is 324 g/mol. The van der Waals surface area contributed by atoms with Gasteiger partial charge in [-0.15, -0.1) is 0 Å². The molecule has 0 spiro atoms.